The highest BCUT2D eigenvalue weighted by molar-refractivity contribution is 6.42. The van der Waals surface area contributed by atoms with Crippen molar-refractivity contribution in [2.45, 2.75) is 59.7 Å². The van der Waals surface area contributed by atoms with Crippen molar-refractivity contribution in [1.82, 2.24) is 10.2 Å². The Morgan fingerprint density at radius 3 is 2.39 bits per heavy atom. The van der Waals surface area contributed by atoms with Crippen molar-refractivity contribution in [1.29, 1.82) is 0 Å². The number of amides is 2. The second kappa shape index (κ2) is 11.4. The zero-order chi connectivity index (χ0) is 23.1. The Morgan fingerprint density at radius 2 is 1.77 bits per heavy atom. The molecule has 2 unspecified atom stereocenters. The molecule has 2 aromatic carbocycles. The largest absolute Gasteiger partial charge is 0.483 e. The number of hydrogen-bond donors (Lipinski definition) is 1. The van der Waals surface area contributed by atoms with Gasteiger partial charge < -0.3 is 15.0 Å². The summed E-state index contributed by atoms with van der Waals surface area (Å²) in [6.07, 6.45) is 0.801. The quantitative estimate of drug-likeness (QED) is 0.545. The predicted octanol–water partition coefficient (Wildman–Crippen LogP) is 5.32. The number of carbonyl (C=O) groups excluding carboxylic acids is 2. The van der Waals surface area contributed by atoms with Crippen molar-refractivity contribution in [2.75, 3.05) is 6.61 Å². The van der Waals surface area contributed by atoms with Crippen LogP contribution < -0.4 is 10.1 Å². The summed E-state index contributed by atoms with van der Waals surface area (Å²) in [6, 6.07) is 10.3. The van der Waals surface area contributed by atoms with Gasteiger partial charge in [-0.25, -0.2) is 0 Å². The van der Waals surface area contributed by atoms with E-state index in [1.165, 1.54) is 4.90 Å². The molecule has 0 aliphatic heterocycles. The van der Waals surface area contributed by atoms with Gasteiger partial charge in [-0.05, 0) is 63.4 Å². The lowest BCUT2D eigenvalue weighted by Crippen LogP contribution is -2.50. The van der Waals surface area contributed by atoms with Crippen LogP contribution in [0.1, 0.15) is 43.9 Å². The van der Waals surface area contributed by atoms with E-state index < -0.39 is 6.04 Å². The third-order valence-electron chi connectivity index (χ3n) is 5.19. The standard InChI is InChI=1S/C24H30Cl2N2O3/c1-6-17(4)27-24(30)18(5)28(13-19-8-9-20(25)21(26)12-19)23(29)14-31-22-10-7-15(2)11-16(22)3/h7-12,17-18H,6,13-14H2,1-5H3,(H,27,30). The van der Waals surface area contributed by atoms with E-state index in [2.05, 4.69) is 5.32 Å². The minimum atomic E-state index is -0.682. The van der Waals surface area contributed by atoms with Crippen molar-refractivity contribution in [3.05, 3.63) is 63.1 Å². The van der Waals surface area contributed by atoms with Gasteiger partial charge in [0, 0.05) is 12.6 Å². The molecular weight excluding hydrogens is 435 g/mol. The summed E-state index contributed by atoms with van der Waals surface area (Å²) in [5.41, 5.74) is 2.84. The molecule has 0 aromatic heterocycles. The summed E-state index contributed by atoms with van der Waals surface area (Å²) >= 11 is 12.2. The van der Waals surface area contributed by atoms with E-state index in [4.69, 9.17) is 27.9 Å². The van der Waals surface area contributed by atoms with E-state index in [9.17, 15) is 9.59 Å². The molecular formula is C24H30Cl2N2O3. The first-order valence-electron chi connectivity index (χ1n) is 10.4. The van der Waals surface area contributed by atoms with Crippen LogP contribution in [0.5, 0.6) is 5.75 Å². The van der Waals surface area contributed by atoms with Gasteiger partial charge in [-0.2, -0.15) is 0 Å². The summed E-state index contributed by atoms with van der Waals surface area (Å²) in [5, 5.41) is 3.77. The van der Waals surface area contributed by atoms with Gasteiger partial charge in [0.15, 0.2) is 6.61 Å². The van der Waals surface area contributed by atoms with Crippen LogP contribution in [0.4, 0.5) is 0 Å². The monoisotopic (exact) mass is 464 g/mol. The van der Waals surface area contributed by atoms with Crippen molar-refractivity contribution in [2.24, 2.45) is 0 Å². The minimum Gasteiger partial charge on any atom is -0.483 e. The number of rotatable bonds is 9. The molecule has 0 saturated carbocycles. The Bertz CT molecular complexity index is 933. The summed E-state index contributed by atoms with van der Waals surface area (Å²) in [7, 11) is 0. The molecule has 0 radical (unpaired) electrons. The van der Waals surface area contributed by atoms with Crippen molar-refractivity contribution >= 4 is 35.0 Å². The van der Waals surface area contributed by atoms with E-state index in [1.54, 1.807) is 25.1 Å². The molecule has 2 atom stereocenters. The Balaban J connectivity index is 2.20. The Kier molecular flexibility index (Phi) is 9.20. The molecule has 5 nitrogen and oxygen atoms in total. The van der Waals surface area contributed by atoms with Gasteiger partial charge in [-0.3, -0.25) is 9.59 Å². The van der Waals surface area contributed by atoms with Gasteiger partial charge in [0.25, 0.3) is 5.91 Å². The second-order valence-electron chi connectivity index (χ2n) is 7.82. The van der Waals surface area contributed by atoms with E-state index in [1.807, 2.05) is 45.9 Å². The van der Waals surface area contributed by atoms with Crippen LogP contribution in [0.3, 0.4) is 0 Å². The van der Waals surface area contributed by atoms with E-state index in [-0.39, 0.29) is 31.0 Å². The average molecular weight is 465 g/mol. The molecule has 0 heterocycles. The van der Waals surface area contributed by atoms with Crippen LogP contribution in [-0.2, 0) is 16.1 Å². The summed E-state index contributed by atoms with van der Waals surface area (Å²) in [6.45, 7) is 9.60. The van der Waals surface area contributed by atoms with Gasteiger partial charge in [-0.1, -0.05) is 53.9 Å². The first-order valence-corrected chi connectivity index (χ1v) is 11.1. The van der Waals surface area contributed by atoms with Crippen LogP contribution >= 0.6 is 23.2 Å². The molecule has 168 valence electrons. The highest BCUT2D eigenvalue weighted by Gasteiger charge is 2.27. The molecule has 31 heavy (non-hydrogen) atoms. The number of nitrogens with zero attached hydrogens (tertiary/aromatic N) is 1. The fourth-order valence-corrected chi connectivity index (χ4v) is 3.39. The molecule has 0 aliphatic rings. The Morgan fingerprint density at radius 1 is 1.06 bits per heavy atom. The number of benzene rings is 2. The fraction of sp³-hybridized carbons (Fsp3) is 0.417. The van der Waals surface area contributed by atoms with Crippen molar-refractivity contribution in [3.8, 4) is 5.75 Å². The van der Waals surface area contributed by atoms with Gasteiger partial charge in [0.1, 0.15) is 11.8 Å². The number of nitrogens with one attached hydrogen (secondary N) is 1. The minimum absolute atomic E-state index is 0.0170. The molecule has 0 aliphatic carbocycles. The number of carbonyl (C=O) groups is 2. The molecule has 0 spiro atoms. The molecule has 0 fully saturated rings. The van der Waals surface area contributed by atoms with Crippen LogP contribution in [0.2, 0.25) is 10.0 Å². The Labute approximate surface area is 194 Å². The number of ether oxygens (including phenoxy) is 1. The lowest BCUT2D eigenvalue weighted by atomic mass is 10.1. The lowest BCUT2D eigenvalue weighted by Gasteiger charge is -2.29. The molecule has 2 rings (SSSR count). The van der Waals surface area contributed by atoms with Crippen LogP contribution in [0, 0.1) is 13.8 Å². The van der Waals surface area contributed by atoms with Gasteiger partial charge in [-0.15, -0.1) is 0 Å². The first kappa shape index (κ1) is 25.0. The topological polar surface area (TPSA) is 58.6 Å². The van der Waals surface area contributed by atoms with Crippen LogP contribution in [0.25, 0.3) is 0 Å². The maximum Gasteiger partial charge on any atom is 0.261 e. The number of halogens is 2. The highest BCUT2D eigenvalue weighted by atomic mass is 35.5. The first-order chi connectivity index (χ1) is 14.6. The SMILES string of the molecule is CCC(C)NC(=O)C(C)N(Cc1ccc(Cl)c(Cl)c1)C(=O)COc1ccc(C)cc1C. The smallest absolute Gasteiger partial charge is 0.261 e. The van der Waals surface area contributed by atoms with E-state index >= 15 is 0 Å². The molecule has 0 saturated heterocycles. The zero-order valence-corrected chi connectivity index (χ0v) is 20.2. The predicted molar refractivity (Wildman–Crippen MR) is 126 cm³/mol. The summed E-state index contributed by atoms with van der Waals surface area (Å²) in [4.78, 5) is 27.4. The van der Waals surface area contributed by atoms with Gasteiger partial charge in [0.05, 0.1) is 10.0 Å². The normalized spacial score (nSPS) is 12.7. The van der Waals surface area contributed by atoms with E-state index in [0.29, 0.717) is 15.8 Å². The van der Waals surface area contributed by atoms with Crippen molar-refractivity contribution in [3.63, 3.8) is 0 Å². The van der Waals surface area contributed by atoms with Gasteiger partial charge >= 0.3 is 0 Å². The van der Waals surface area contributed by atoms with Crippen molar-refractivity contribution < 1.29 is 14.3 Å². The third kappa shape index (κ3) is 7.15. The van der Waals surface area contributed by atoms with Crippen LogP contribution in [-0.4, -0.2) is 35.4 Å². The molecule has 7 heteroatoms. The zero-order valence-electron chi connectivity index (χ0n) is 18.7. The molecule has 0 bridgehead atoms. The molecule has 1 N–H and O–H groups in total. The molecule has 2 aromatic rings. The Hall–Kier alpha value is -2.24. The van der Waals surface area contributed by atoms with Gasteiger partial charge in [0.2, 0.25) is 5.91 Å². The summed E-state index contributed by atoms with van der Waals surface area (Å²) < 4.78 is 5.78. The highest BCUT2D eigenvalue weighted by Crippen LogP contribution is 2.24. The maximum absolute atomic E-state index is 13.1. The fourth-order valence-electron chi connectivity index (χ4n) is 3.07. The van der Waals surface area contributed by atoms with E-state index in [0.717, 1.165) is 23.1 Å². The van der Waals surface area contributed by atoms with Crippen LogP contribution in [0.15, 0.2) is 36.4 Å². The summed E-state index contributed by atoms with van der Waals surface area (Å²) in [5.74, 6) is 0.136. The number of aryl methyl sites for hydroxylation is 2. The third-order valence-corrected chi connectivity index (χ3v) is 5.93. The molecule has 2 amide bonds. The number of hydrogen-bond acceptors (Lipinski definition) is 3. The second-order valence-corrected chi connectivity index (χ2v) is 8.64. The maximum atomic E-state index is 13.1. The average Bonchev–Trinajstić information content (AvgIpc) is 2.72. The lowest BCUT2D eigenvalue weighted by molar-refractivity contribution is -0.142.